The van der Waals surface area contributed by atoms with E-state index in [0.29, 0.717) is 24.4 Å². The van der Waals surface area contributed by atoms with Gasteiger partial charge in [0.1, 0.15) is 0 Å². The van der Waals surface area contributed by atoms with E-state index in [2.05, 4.69) is 72.5 Å². The number of aliphatic imine (C=N–C) groups is 2. The Morgan fingerprint density at radius 2 is 2.16 bits per heavy atom. The zero-order valence-electron chi connectivity index (χ0n) is 22.0. The van der Waals surface area contributed by atoms with Gasteiger partial charge in [0.25, 0.3) is 0 Å². The number of fused-ring (bicyclic) bond motifs is 2. The molecule has 0 aromatic heterocycles. The maximum absolute atomic E-state index is 6.39. The average molecular weight is 544 g/mol. The molecule has 3 aliphatic rings. The third kappa shape index (κ3) is 6.67. The molecule has 1 unspecified atom stereocenters. The van der Waals surface area contributed by atoms with Crippen LogP contribution in [0, 0.1) is 19.3 Å². The Kier molecular flexibility index (Phi) is 9.29. The molecule has 1 aliphatic heterocycles. The fourth-order valence-corrected chi connectivity index (χ4v) is 4.72. The molecule has 0 bridgehead atoms. The first-order valence-corrected chi connectivity index (χ1v) is 13.5. The van der Waals surface area contributed by atoms with Crippen molar-refractivity contribution in [3.63, 3.8) is 0 Å². The van der Waals surface area contributed by atoms with Crippen molar-refractivity contribution in [3.8, 4) is 12.3 Å². The van der Waals surface area contributed by atoms with Crippen LogP contribution in [0.5, 0.6) is 0 Å². The zero-order valence-corrected chi connectivity index (χ0v) is 23.5. The van der Waals surface area contributed by atoms with Crippen molar-refractivity contribution in [1.29, 1.82) is 0 Å². The van der Waals surface area contributed by atoms with Crippen molar-refractivity contribution < 1.29 is 0 Å². The number of aryl methyl sites for hydroxylation is 1. The second-order valence-corrected chi connectivity index (χ2v) is 10.3. The molecule has 0 amide bonds. The smallest absolute Gasteiger partial charge is 0.0950 e. The quantitative estimate of drug-likeness (QED) is 0.284. The van der Waals surface area contributed by atoms with Crippen LogP contribution >= 0.6 is 23.2 Å². The molecule has 38 heavy (non-hydrogen) atoms. The van der Waals surface area contributed by atoms with E-state index in [-0.39, 0.29) is 12.1 Å². The van der Waals surface area contributed by atoms with Gasteiger partial charge in [0.15, 0.2) is 0 Å². The zero-order chi connectivity index (χ0) is 27.1. The van der Waals surface area contributed by atoms with E-state index in [1.165, 1.54) is 0 Å². The van der Waals surface area contributed by atoms with Crippen LogP contribution in [0.4, 0.5) is 5.69 Å². The Labute approximate surface area is 236 Å². The van der Waals surface area contributed by atoms with Gasteiger partial charge in [-0.2, -0.15) is 0 Å². The van der Waals surface area contributed by atoms with Crippen LogP contribution in [0.3, 0.4) is 0 Å². The number of hydrogen-bond acceptors (Lipinski definition) is 4. The fraction of sp³-hybridized carbons (Fsp3) is 0.250. The molecule has 0 spiro atoms. The van der Waals surface area contributed by atoms with Crippen LogP contribution in [0.25, 0.3) is 0 Å². The standard InChI is InChI=1S/C32H32Cl2N4/c1-5-6-11-24(33)12-10-19-35-29-21-30-32(18-17-27(29)36-22(2)3)38(25-15-16-26(34)23(4)20-25)31-14-9-7-8-13-28(31)37-30/h1,7-16,18,20-22,31,35H,6,17,19H2,2-4H3/b12-10-,24-11+,36-27?. The Morgan fingerprint density at radius 1 is 1.32 bits per heavy atom. The van der Waals surface area contributed by atoms with E-state index in [1.54, 1.807) is 0 Å². The molecule has 1 aromatic carbocycles. The summed E-state index contributed by atoms with van der Waals surface area (Å²) in [6.45, 7) is 6.80. The van der Waals surface area contributed by atoms with Gasteiger partial charge in [0, 0.05) is 41.2 Å². The van der Waals surface area contributed by atoms with Crippen LogP contribution in [-0.4, -0.2) is 30.1 Å². The molecule has 6 heteroatoms. The van der Waals surface area contributed by atoms with Crippen molar-refractivity contribution in [1.82, 2.24) is 5.32 Å². The topological polar surface area (TPSA) is 40.0 Å². The minimum absolute atomic E-state index is 0.0335. The van der Waals surface area contributed by atoms with E-state index in [9.17, 15) is 0 Å². The lowest BCUT2D eigenvalue weighted by Gasteiger charge is -2.38. The second-order valence-electron chi connectivity index (χ2n) is 9.41. The van der Waals surface area contributed by atoms with Crippen molar-refractivity contribution >= 4 is 40.3 Å². The van der Waals surface area contributed by atoms with Gasteiger partial charge in [0.2, 0.25) is 0 Å². The average Bonchev–Trinajstić information content (AvgIpc) is 3.22. The third-order valence-corrected chi connectivity index (χ3v) is 6.86. The maximum atomic E-state index is 6.39. The number of anilines is 1. The predicted molar refractivity (Wildman–Crippen MR) is 164 cm³/mol. The van der Waals surface area contributed by atoms with E-state index in [4.69, 9.17) is 39.6 Å². The lowest BCUT2D eigenvalue weighted by Crippen LogP contribution is -2.40. The molecule has 1 N–H and O–H groups in total. The highest BCUT2D eigenvalue weighted by molar-refractivity contribution is 6.31. The van der Waals surface area contributed by atoms with Gasteiger partial charge in [-0.1, -0.05) is 65.7 Å². The lowest BCUT2D eigenvalue weighted by molar-refractivity contribution is 0.824. The summed E-state index contributed by atoms with van der Waals surface area (Å²) in [5.74, 6) is 2.57. The van der Waals surface area contributed by atoms with Crippen LogP contribution in [0.15, 0.2) is 111 Å². The van der Waals surface area contributed by atoms with Gasteiger partial charge in [0.05, 0.1) is 34.6 Å². The molecule has 0 saturated carbocycles. The predicted octanol–water partition coefficient (Wildman–Crippen LogP) is 7.60. The number of rotatable bonds is 7. The highest BCUT2D eigenvalue weighted by Crippen LogP contribution is 2.36. The normalized spacial score (nSPS) is 20.2. The van der Waals surface area contributed by atoms with Gasteiger partial charge in [-0.15, -0.1) is 12.3 Å². The largest absolute Gasteiger partial charge is 0.380 e. The van der Waals surface area contributed by atoms with E-state index < -0.39 is 0 Å². The summed E-state index contributed by atoms with van der Waals surface area (Å²) < 4.78 is 0. The van der Waals surface area contributed by atoms with Gasteiger partial charge in [-0.25, -0.2) is 4.99 Å². The second kappa shape index (κ2) is 12.8. The number of hydrogen-bond donors (Lipinski definition) is 1. The third-order valence-electron chi connectivity index (χ3n) is 6.15. The number of terminal acetylenes is 1. The Bertz CT molecular complexity index is 1390. The molecule has 2 aliphatic carbocycles. The van der Waals surface area contributed by atoms with Crippen molar-refractivity contribution in [2.24, 2.45) is 9.98 Å². The van der Waals surface area contributed by atoms with Crippen LogP contribution in [0.1, 0.15) is 32.3 Å². The molecule has 1 atom stereocenters. The van der Waals surface area contributed by atoms with Gasteiger partial charge in [-0.05, 0) is 62.8 Å². The Morgan fingerprint density at radius 3 is 2.92 bits per heavy atom. The van der Waals surface area contributed by atoms with Crippen LogP contribution in [0.2, 0.25) is 5.02 Å². The van der Waals surface area contributed by atoms with E-state index >= 15 is 0 Å². The molecular formula is C32H32Cl2N4. The minimum atomic E-state index is -0.0335. The number of benzene rings is 1. The summed E-state index contributed by atoms with van der Waals surface area (Å²) in [6, 6.07) is 6.29. The first-order valence-electron chi connectivity index (χ1n) is 12.7. The van der Waals surface area contributed by atoms with Crippen molar-refractivity contribution in [2.45, 2.75) is 45.7 Å². The Balaban J connectivity index is 1.75. The molecular weight excluding hydrogens is 511 g/mol. The number of halogens is 2. The summed E-state index contributed by atoms with van der Waals surface area (Å²) in [6.07, 6.45) is 26.9. The summed E-state index contributed by atoms with van der Waals surface area (Å²) >= 11 is 12.6. The summed E-state index contributed by atoms with van der Waals surface area (Å²) in [4.78, 5) is 12.4. The molecule has 194 valence electrons. The lowest BCUT2D eigenvalue weighted by atomic mass is 10.0. The SMILES string of the molecule is C#CC/C=C(Cl)\C=C/CNC1=CC2=NC3=CC=CC=CC3N(c3ccc(Cl)c(C)c3)C2=CCC1=NC(C)C. The van der Waals surface area contributed by atoms with Crippen LogP contribution < -0.4 is 10.2 Å². The number of allylic oxidation sites excluding steroid dienone is 10. The molecule has 0 fully saturated rings. The van der Waals surface area contributed by atoms with Crippen LogP contribution in [-0.2, 0) is 0 Å². The minimum Gasteiger partial charge on any atom is -0.380 e. The monoisotopic (exact) mass is 542 g/mol. The molecule has 0 saturated heterocycles. The van der Waals surface area contributed by atoms with Gasteiger partial charge < -0.3 is 10.2 Å². The van der Waals surface area contributed by atoms with Crippen molar-refractivity contribution in [3.05, 3.63) is 112 Å². The highest BCUT2D eigenvalue weighted by atomic mass is 35.5. The molecule has 4 nitrogen and oxygen atoms in total. The molecule has 1 aromatic rings. The first-order chi connectivity index (χ1) is 18.4. The number of nitrogens with zero attached hydrogens (tertiary/aromatic N) is 3. The van der Waals surface area contributed by atoms with Gasteiger partial charge >= 0.3 is 0 Å². The highest BCUT2D eigenvalue weighted by Gasteiger charge is 2.32. The first kappa shape index (κ1) is 27.5. The van der Waals surface area contributed by atoms with E-state index in [0.717, 1.165) is 44.8 Å². The molecule has 1 heterocycles. The number of nitrogens with one attached hydrogen (secondary N) is 1. The van der Waals surface area contributed by atoms with Gasteiger partial charge in [-0.3, -0.25) is 4.99 Å². The summed E-state index contributed by atoms with van der Waals surface area (Å²) in [5.41, 5.74) is 6.94. The molecule has 4 rings (SSSR count). The fourth-order valence-electron chi connectivity index (χ4n) is 4.44. The summed E-state index contributed by atoms with van der Waals surface area (Å²) in [7, 11) is 0. The summed E-state index contributed by atoms with van der Waals surface area (Å²) in [5, 5.41) is 4.91. The van der Waals surface area contributed by atoms with Crippen molar-refractivity contribution in [2.75, 3.05) is 11.4 Å². The maximum Gasteiger partial charge on any atom is 0.0950 e. The molecule has 0 radical (unpaired) electrons. The van der Waals surface area contributed by atoms with E-state index in [1.807, 2.05) is 43.4 Å². The Hall–Kier alpha value is -3.52.